The van der Waals surface area contributed by atoms with Gasteiger partial charge in [0.25, 0.3) is 0 Å². The van der Waals surface area contributed by atoms with Gasteiger partial charge in [-0.1, -0.05) is 20.3 Å². The van der Waals surface area contributed by atoms with Crippen molar-refractivity contribution in [2.24, 2.45) is 5.92 Å². The van der Waals surface area contributed by atoms with E-state index in [2.05, 4.69) is 13.8 Å². The zero-order chi connectivity index (χ0) is 9.56. The Morgan fingerprint density at radius 3 is 2.33 bits per heavy atom. The number of rotatable bonds is 6. The minimum Gasteiger partial charge on any atom is -0.393 e. The van der Waals surface area contributed by atoms with Crippen LogP contribution in [-0.4, -0.2) is 24.4 Å². The number of aliphatic hydroxyl groups is 1. The van der Waals surface area contributed by atoms with Crippen LogP contribution in [0.1, 0.15) is 40.0 Å². The molecule has 12 heavy (non-hydrogen) atoms. The number of ether oxygens (including phenoxy) is 1. The second-order valence-electron chi connectivity index (χ2n) is 3.62. The van der Waals surface area contributed by atoms with Crippen LogP contribution in [0.25, 0.3) is 0 Å². The summed E-state index contributed by atoms with van der Waals surface area (Å²) in [5, 5.41) is 9.67. The largest absolute Gasteiger partial charge is 0.393 e. The van der Waals surface area contributed by atoms with Crippen molar-refractivity contribution in [2.75, 3.05) is 7.11 Å². The Balaban J connectivity index is 3.62. The minimum absolute atomic E-state index is 0.166. The van der Waals surface area contributed by atoms with Crippen LogP contribution in [-0.2, 0) is 4.74 Å². The van der Waals surface area contributed by atoms with Gasteiger partial charge >= 0.3 is 0 Å². The van der Waals surface area contributed by atoms with E-state index in [4.69, 9.17) is 4.74 Å². The zero-order valence-electron chi connectivity index (χ0n) is 8.71. The van der Waals surface area contributed by atoms with Gasteiger partial charge in [-0.25, -0.2) is 0 Å². The highest BCUT2D eigenvalue weighted by Crippen LogP contribution is 2.15. The fourth-order valence-corrected chi connectivity index (χ4v) is 1.32. The van der Waals surface area contributed by atoms with Gasteiger partial charge in [-0.05, 0) is 25.7 Å². The van der Waals surface area contributed by atoms with E-state index in [-0.39, 0.29) is 12.2 Å². The summed E-state index contributed by atoms with van der Waals surface area (Å²) in [6.45, 7) is 6.22. The molecule has 0 aromatic rings. The van der Waals surface area contributed by atoms with Crippen molar-refractivity contribution in [1.82, 2.24) is 0 Å². The first-order valence-corrected chi connectivity index (χ1v) is 4.82. The number of methoxy groups -OCH3 is 1. The molecule has 1 N–H and O–H groups in total. The van der Waals surface area contributed by atoms with Crippen LogP contribution in [0.4, 0.5) is 0 Å². The number of aliphatic hydroxyl groups excluding tert-OH is 1. The summed E-state index contributed by atoms with van der Waals surface area (Å²) in [5.74, 6) is 0.396. The van der Waals surface area contributed by atoms with Crippen LogP contribution in [0.2, 0.25) is 0 Å². The molecule has 0 saturated carbocycles. The maximum absolute atomic E-state index is 9.67. The van der Waals surface area contributed by atoms with Crippen LogP contribution in [0.5, 0.6) is 0 Å². The van der Waals surface area contributed by atoms with E-state index in [1.165, 1.54) is 0 Å². The maximum atomic E-state index is 9.67. The van der Waals surface area contributed by atoms with E-state index in [9.17, 15) is 5.11 Å². The van der Waals surface area contributed by atoms with Crippen LogP contribution in [0.3, 0.4) is 0 Å². The monoisotopic (exact) mass is 174 g/mol. The average molecular weight is 174 g/mol. The smallest absolute Gasteiger partial charge is 0.0590 e. The molecule has 0 spiro atoms. The normalized spacial score (nSPS) is 18.8. The van der Waals surface area contributed by atoms with E-state index in [0.717, 1.165) is 19.3 Å². The lowest BCUT2D eigenvalue weighted by atomic mass is 9.95. The van der Waals surface area contributed by atoms with E-state index in [1.807, 2.05) is 6.92 Å². The van der Waals surface area contributed by atoms with Gasteiger partial charge < -0.3 is 9.84 Å². The van der Waals surface area contributed by atoms with Gasteiger partial charge in [-0.3, -0.25) is 0 Å². The summed E-state index contributed by atoms with van der Waals surface area (Å²) in [4.78, 5) is 0. The molecule has 3 atom stereocenters. The zero-order valence-corrected chi connectivity index (χ0v) is 8.71. The van der Waals surface area contributed by atoms with E-state index in [0.29, 0.717) is 5.92 Å². The van der Waals surface area contributed by atoms with Gasteiger partial charge in [0.05, 0.1) is 12.2 Å². The molecule has 0 aliphatic heterocycles. The highest BCUT2D eigenvalue weighted by molar-refractivity contribution is 4.67. The Hall–Kier alpha value is -0.0800. The second-order valence-corrected chi connectivity index (χ2v) is 3.62. The molecule has 0 radical (unpaired) electrons. The van der Waals surface area contributed by atoms with Gasteiger partial charge in [0.15, 0.2) is 0 Å². The molecule has 0 aliphatic rings. The Morgan fingerprint density at radius 1 is 1.33 bits per heavy atom. The number of hydrogen-bond donors (Lipinski definition) is 1. The summed E-state index contributed by atoms with van der Waals surface area (Å²) < 4.78 is 5.09. The third-order valence-corrected chi connectivity index (χ3v) is 2.38. The quantitative estimate of drug-likeness (QED) is 0.669. The third-order valence-electron chi connectivity index (χ3n) is 2.38. The standard InChI is InChI=1S/C10H22O2/c1-5-6-8(2)10(11)7-9(3)12-4/h8-11H,5-7H2,1-4H3. The van der Waals surface area contributed by atoms with Gasteiger partial charge in [0, 0.05) is 7.11 Å². The highest BCUT2D eigenvalue weighted by atomic mass is 16.5. The van der Waals surface area contributed by atoms with E-state index in [1.54, 1.807) is 7.11 Å². The third kappa shape index (κ3) is 4.73. The van der Waals surface area contributed by atoms with Gasteiger partial charge in [-0.15, -0.1) is 0 Å². The lowest BCUT2D eigenvalue weighted by Crippen LogP contribution is -2.23. The van der Waals surface area contributed by atoms with E-state index < -0.39 is 0 Å². The van der Waals surface area contributed by atoms with Crippen molar-refractivity contribution in [3.05, 3.63) is 0 Å². The molecule has 2 heteroatoms. The predicted molar refractivity (Wildman–Crippen MR) is 51.2 cm³/mol. The van der Waals surface area contributed by atoms with Crippen LogP contribution < -0.4 is 0 Å². The highest BCUT2D eigenvalue weighted by Gasteiger charge is 2.15. The van der Waals surface area contributed by atoms with Crippen molar-refractivity contribution in [3.63, 3.8) is 0 Å². The molecule has 0 amide bonds. The molecular formula is C10H22O2. The van der Waals surface area contributed by atoms with Crippen molar-refractivity contribution >= 4 is 0 Å². The lowest BCUT2D eigenvalue weighted by Gasteiger charge is -2.20. The molecule has 0 fully saturated rings. The summed E-state index contributed by atoms with van der Waals surface area (Å²) in [7, 11) is 1.68. The maximum Gasteiger partial charge on any atom is 0.0590 e. The first-order chi connectivity index (χ1) is 5.61. The van der Waals surface area contributed by atoms with Crippen molar-refractivity contribution in [1.29, 1.82) is 0 Å². The molecule has 0 bridgehead atoms. The van der Waals surface area contributed by atoms with Gasteiger partial charge in [-0.2, -0.15) is 0 Å². The summed E-state index contributed by atoms with van der Waals surface area (Å²) in [6, 6.07) is 0. The minimum atomic E-state index is -0.208. The second kappa shape index (κ2) is 6.44. The Labute approximate surface area is 75.9 Å². The SMILES string of the molecule is CCCC(C)C(O)CC(C)OC. The summed E-state index contributed by atoms with van der Waals surface area (Å²) in [6.07, 6.45) is 2.94. The molecule has 0 saturated heterocycles. The molecular weight excluding hydrogens is 152 g/mol. The van der Waals surface area contributed by atoms with Crippen LogP contribution in [0, 0.1) is 5.92 Å². The molecule has 0 rings (SSSR count). The Kier molecular flexibility index (Phi) is 6.39. The topological polar surface area (TPSA) is 29.5 Å². The van der Waals surface area contributed by atoms with Crippen LogP contribution in [0.15, 0.2) is 0 Å². The van der Waals surface area contributed by atoms with Crippen molar-refractivity contribution in [2.45, 2.75) is 52.2 Å². The Bertz CT molecular complexity index is 104. The molecule has 2 nitrogen and oxygen atoms in total. The van der Waals surface area contributed by atoms with Crippen molar-refractivity contribution in [3.8, 4) is 0 Å². The predicted octanol–water partition coefficient (Wildman–Crippen LogP) is 2.21. The average Bonchev–Trinajstić information content (AvgIpc) is 2.04. The molecule has 0 aliphatic carbocycles. The molecule has 0 aromatic heterocycles. The molecule has 74 valence electrons. The molecule has 3 unspecified atom stereocenters. The first-order valence-electron chi connectivity index (χ1n) is 4.82. The van der Waals surface area contributed by atoms with Gasteiger partial charge in [0.1, 0.15) is 0 Å². The van der Waals surface area contributed by atoms with Crippen LogP contribution >= 0.6 is 0 Å². The fourth-order valence-electron chi connectivity index (χ4n) is 1.32. The molecule has 0 heterocycles. The Morgan fingerprint density at radius 2 is 1.92 bits per heavy atom. The fraction of sp³-hybridized carbons (Fsp3) is 1.00. The number of hydrogen-bond acceptors (Lipinski definition) is 2. The first kappa shape index (κ1) is 11.9. The van der Waals surface area contributed by atoms with Gasteiger partial charge in [0.2, 0.25) is 0 Å². The van der Waals surface area contributed by atoms with Crippen molar-refractivity contribution < 1.29 is 9.84 Å². The summed E-state index contributed by atoms with van der Waals surface area (Å²) >= 11 is 0. The summed E-state index contributed by atoms with van der Waals surface area (Å²) in [5.41, 5.74) is 0. The molecule has 0 aromatic carbocycles. The lowest BCUT2D eigenvalue weighted by molar-refractivity contribution is 0.0304. The van der Waals surface area contributed by atoms with E-state index >= 15 is 0 Å².